The minimum Gasteiger partial charge on any atom is -0.478 e. The van der Waals surface area contributed by atoms with E-state index in [1.165, 1.54) is 12.3 Å². The molecule has 4 heteroatoms. The highest BCUT2D eigenvalue weighted by Crippen LogP contribution is 2.23. The SMILES string of the molecule is O=C(O)c1ccc2c(c1)C=CC=NO2. The number of oxime groups is 1. The number of fused-ring (bicyclic) bond motifs is 1. The minimum atomic E-state index is -0.952. The number of benzene rings is 1. The van der Waals surface area contributed by atoms with Gasteiger partial charge >= 0.3 is 5.97 Å². The van der Waals surface area contributed by atoms with Crippen LogP contribution in [0.25, 0.3) is 6.08 Å². The van der Waals surface area contributed by atoms with Crippen molar-refractivity contribution in [1.82, 2.24) is 0 Å². The van der Waals surface area contributed by atoms with Crippen LogP contribution >= 0.6 is 0 Å². The number of allylic oxidation sites excluding steroid dienone is 1. The second-order valence-electron chi connectivity index (χ2n) is 2.76. The van der Waals surface area contributed by atoms with E-state index in [9.17, 15) is 4.79 Å². The average molecular weight is 189 g/mol. The number of carboxylic acid groups (broad SMARTS) is 1. The minimum absolute atomic E-state index is 0.235. The van der Waals surface area contributed by atoms with Gasteiger partial charge in [0.2, 0.25) is 0 Å². The monoisotopic (exact) mass is 189 g/mol. The van der Waals surface area contributed by atoms with Crippen molar-refractivity contribution in [3.63, 3.8) is 0 Å². The second kappa shape index (κ2) is 3.33. The number of nitrogens with zero attached hydrogens (tertiary/aromatic N) is 1. The summed E-state index contributed by atoms with van der Waals surface area (Å²) in [7, 11) is 0. The van der Waals surface area contributed by atoms with Gasteiger partial charge in [0.05, 0.1) is 11.8 Å². The van der Waals surface area contributed by atoms with Gasteiger partial charge in [-0.1, -0.05) is 5.16 Å². The quantitative estimate of drug-likeness (QED) is 0.732. The van der Waals surface area contributed by atoms with Crippen molar-refractivity contribution in [2.45, 2.75) is 0 Å². The molecule has 70 valence electrons. The summed E-state index contributed by atoms with van der Waals surface area (Å²) in [6, 6.07) is 4.62. The number of rotatable bonds is 1. The third kappa shape index (κ3) is 1.50. The van der Waals surface area contributed by atoms with Crippen molar-refractivity contribution in [2.24, 2.45) is 5.16 Å². The molecule has 0 spiro atoms. The average Bonchev–Trinajstić information content (AvgIpc) is 2.41. The van der Waals surface area contributed by atoms with E-state index in [2.05, 4.69) is 5.16 Å². The van der Waals surface area contributed by atoms with Crippen LogP contribution in [0.2, 0.25) is 0 Å². The van der Waals surface area contributed by atoms with Crippen LogP contribution in [0.3, 0.4) is 0 Å². The fourth-order valence-electron chi connectivity index (χ4n) is 1.16. The second-order valence-corrected chi connectivity index (χ2v) is 2.76. The Kier molecular flexibility index (Phi) is 2.02. The first-order valence-electron chi connectivity index (χ1n) is 4.02. The standard InChI is InChI=1S/C10H7NO3/c12-10(13)8-3-4-9-7(6-8)2-1-5-11-14-9/h1-6H,(H,12,13). The normalized spacial score (nSPS) is 12.9. The van der Waals surface area contributed by atoms with Crippen molar-refractivity contribution in [3.8, 4) is 5.75 Å². The molecule has 4 nitrogen and oxygen atoms in total. The topological polar surface area (TPSA) is 58.9 Å². The van der Waals surface area contributed by atoms with Gasteiger partial charge in [0, 0.05) is 5.56 Å². The lowest BCUT2D eigenvalue weighted by molar-refractivity contribution is 0.0697. The summed E-state index contributed by atoms with van der Waals surface area (Å²) in [5.74, 6) is -0.397. The van der Waals surface area contributed by atoms with Crippen LogP contribution < -0.4 is 4.84 Å². The Hall–Kier alpha value is -2.10. The first-order valence-corrected chi connectivity index (χ1v) is 4.02. The van der Waals surface area contributed by atoms with Crippen molar-refractivity contribution in [2.75, 3.05) is 0 Å². The molecular formula is C10H7NO3. The number of hydrogen-bond donors (Lipinski definition) is 1. The molecule has 14 heavy (non-hydrogen) atoms. The molecule has 1 aliphatic heterocycles. The maximum Gasteiger partial charge on any atom is 0.335 e. The molecule has 1 aromatic carbocycles. The summed E-state index contributed by atoms with van der Waals surface area (Å²) in [5, 5.41) is 12.4. The fraction of sp³-hybridized carbons (Fsp3) is 0. The number of hydrogen-bond acceptors (Lipinski definition) is 3. The Morgan fingerprint density at radius 3 is 3.07 bits per heavy atom. The van der Waals surface area contributed by atoms with Crippen LogP contribution in [0.4, 0.5) is 0 Å². The van der Waals surface area contributed by atoms with Crippen LogP contribution in [0.5, 0.6) is 5.75 Å². The summed E-state index contributed by atoms with van der Waals surface area (Å²) >= 11 is 0. The molecule has 0 saturated heterocycles. The van der Waals surface area contributed by atoms with E-state index in [4.69, 9.17) is 9.94 Å². The Morgan fingerprint density at radius 2 is 2.29 bits per heavy atom. The van der Waals surface area contributed by atoms with Crippen LogP contribution in [-0.4, -0.2) is 17.3 Å². The molecule has 0 radical (unpaired) electrons. The van der Waals surface area contributed by atoms with Gasteiger partial charge in [-0.3, -0.25) is 0 Å². The van der Waals surface area contributed by atoms with Crippen LogP contribution in [0, 0.1) is 0 Å². The molecule has 0 aliphatic carbocycles. The zero-order valence-corrected chi connectivity index (χ0v) is 7.18. The van der Waals surface area contributed by atoms with Crippen LogP contribution in [-0.2, 0) is 0 Å². The zero-order valence-electron chi connectivity index (χ0n) is 7.18. The van der Waals surface area contributed by atoms with Gasteiger partial charge < -0.3 is 9.94 Å². The molecular weight excluding hydrogens is 182 g/mol. The maximum absolute atomic E-state index is 10.7. The van der Waals surface area contributed by atoms with E-state index >= 15 is 0 Å². The smallest absolute Gasteiger partial charge is 0.335 e. The van der Waals surface area contributed by atoms with Gasteiger partial charge in [-0.15, -0.1) is 0 Å². The molecule has 0 atom stereocenters. The Morgan fingerprint density at radius 1 is 1.43 bits per heavy atom. The fourth-order valence-corrected chi connectivity index (χ4v) is 1.16. The number of aromatic carboxylic acids is 1. The van der Waals surface area contributed by atoms with Crippen molar-refractivity contribution in [3.05, 3.63) is 35.4 Å². The number of carbonyl (C=O) groups is 1. The van der Waals surface area contributed by atoms with E-state index in [0.717, 1.165) is 0 Å². The Labute approximate surface area is 80.1 Å². The Bertz CT molecular complexity index is 435. The number of carboxylic acids is 1. The summed E-state index contributed by atoms with van der Waals surface area (Å²) in [5.41, 5.74) is 0.946. The molecule has 1 heterocycles. The van der Waals surface area contributed by atoms with Gasteiger partial charge in [0.25, 0.3) is 0 Å². The van der Waals surface area contributed by atoms with Gasteiger partial charge in [0.15, 0.2) is 5.75 Å². The van der Waals surface area contributed by atoms with E-state index in [1.54, 1.807) is 24.3 Å². The van der Waals surface area contributed by atoms with Crippen molar-refractivity contribution < 1.29 is 14.7 Å². The molecule has 2 rings (SSSR count). The molecule has 0 aromatic heterocycles. The van der Waals surface area contributed by atoms with E-state index in [1.807, 2.05) is 0 Å². The largest absolute Gasteiger partial charge is 0.478 e. The molecule has 1 aromatic rings. The predicted molar refractivity (Wildman–Crippen MR) is 51.6 cm³/mol. The molecule has 0 unspecified atom stereocenters. The summed E-state index contributed by atoms with van der Waals surface area (Å²) < 4.78 is 0. The van der Waals surface area contributed by atoms with E-state index in [-0.39, 0.29) is 5.56 Å². The lowest BCUT2D eigenvalue weighted by Crippen LogP contribution is -1.97. The van der Waals surface area contributed by atoms with Crippen molar-refractivity contribution in [1.29, 1.82) is 0 Å². The third-order valence-corrected chi connectivity index (χ3v) is 1.83. The lowest BCUT2D eigenvalue weighted by atomic mass is 10.1. The van der Waals surface area contributed by atoms with Gasteiger partial charge in [-0.25, -0.2) is 4.79 Å². The highest BCUT2D eigenvalue weighted by Gasteiger charge is 2.08. The maximum atomic E-state index is 10.7. The van der Waals surface area contributed by atoms with Gasteiger partial charge in [-0.2, -0.15) is 0 Å². The molecule has 0 amide bonds. The summed E-state index contributed by atoms with van der Waals surface area (Å²) in [4.78, 5) is 15.7. The van der Waals surface area contributed by atoms with E-state index in [0.29, 0.717) is 11.3 Å². The first kappa shape index (κ1) is 8.50. The third-order valence-electron chi connectivity index (χ3n) is 1.83. The molecule has 1 N–H and O–H groups in total. The van der Waals surface area contributed by atoms with Crippen LogP contribution in [0.15, 0.2) is 29.4 Å². The highest BCUT2D eigenvalue weighted by atomic mass is 16.6. The zero-order chi connectivity index (χ0) is 9.97. The molecule has 0 fully saturated rings. The van der Waals surface area contributed by atoms with Crippen LogP contribution in [0.1, 0.15) is 15.9 Å². The summed E-state index contributed by atoms with van der Waals surface area (Å²) in [6.07, 6.45) is 4.94. The predicted octanol–water partition coefficient (Wildman–Crippen LogP) is 1.78. The first-order chi connectivity index (χ1) is 6.77. The van der Waals surface area contributed by atoms with Gasteiger partial charge in [0.1, 0.15) is 0 Å². The molecule has 0 saturated carbocycles. The summed E-state index contributed by atoms with van der Waals surface area (Å²) in [6.45, 7) is 0. The molecule has 0 bridgehead atoms. The van der Waals surface area contributed by atoms with E-state index < -0.39 is 5.97 Å². The Balaban J connectivity index is 2.49. The van der Waals surface area contributed by atoms with Crippen molar-refractivity contribution >= 4 is 18.3 Å². The van der Waals surface area contributed by atoms with Gasteiger partial charge in [-0.05, 0) is 30.4 Å². The highest BCUT2D eigenvalue weighted by molar-refractivity contribution is 5.89. The molecule has 1 aliphatic rings. The lowest BCUT2D eigenvalue weighted by Gasteiger charge is -2.02.